The molecular formula is C22H30F3N3O2. The van der Waals surface area contributed by atoms with E-state index in [0.29, 0.717) is 53.6 Å². The predicted molar refractivity (Wildman–Crippen MR) is 102 cm³/mol. The van der Waals surface area contributed by atoms with Crippen molar-refractivity contribution in [3.8, 4) is 0 Å². The second kappa shape index (κ2) is 6.00. The number of ether oxygens (including phenoxy) is 1. The number of carbonyl (C=O) groups is 1. The van der Waals surface area contributed by atoms with Crippen molar-refractivity contribution in [1.82, 2.24) is 14.8 Å². The van der Waals surface area contributed by atoms with Gasteiger partial charge in [-0.2, -0.15) is 13.2 Å². The molecule has 4 fully saturated rings. The maximum atomic E-state index is 12.8. The van der Waals surface area contributed by atoms with Crippen molar-refractivity contribution in [2.45, 2.75) is 97.4 Å². The molecule has 4 aliphatic carbocycles. The Labute approximate surface area is 174 Å². The lowest BCUT2D eigenvalue weighted by molar-refractivity contribution is -0.210. The number of carbonyl (C=O) groups excluding carboxylic acids is 1. The highest BCUT2D eigenvalue weighted by atomic mass is 19.4. The highest BCUT2D eigenvalue weighted by Gasteiger charge is 2.64. The minimum Gasteiger partial charge on any atom is -0.434 e. The van der Waals surface area contributed by atoms with Crippen molar-refractivity contribution in [1.29, 1.82) is 0 Å². The van der Waals surface area contributed by atoms with E-state index < -0.39 is 18.4 Å². The Kier molecular flexibility index (Phi) is 4.06. The summed E-state index contributed by atoms with van der Waals surface area (Å²) >= 11 is 0. The first-order valence-corrected chi connectivity index (χ1v) is 11.0. The predicted octanol–water partition coefficient (Wildman–Crippen LogP) is 5.15. The summed E-state index contributed by atoms with van der Waals surface area (Å²) in [5, 5.41) is 8.67. The van der Waals surface area contributed by atoms with Gasteiger partial charge in [-0.3, -0.25) is 4.57 Å². The molecule has 4 bridgehead atoms. The van der Waals surface area contributed by atoms with Crippen LogP contribution in [-0.2, 0) is 22.4 Å². The molecule has 1 aromatic rings. The van der Waals surface area contributed by atoms with Crippen LogP contribution in [0.3, 0.4) is 0 Å². The molecule has 8 heteroatoms. The molecule has 0 N–H and O–H groups in total. The Balaban J connectivity index is 1.46. The average Bonchev–Trinajstić information content (AvgIpc) is 2.92. The molecule has 2 heterocycles. The van der Waals surface area contributed by atoms with Crippen LogP contribution < -0.4 is 0 Å². The summed E-state index contributed by atoms with van der Waals surface area (Å²) in [5.41, 5.74) is 1.02. The van der Waals surface area contributed by atoms with Crippen molar-refractivity contribution in [3.63, 3.8) is 0 Å². The number of hydrogen-bond donors (Lipinski definition) is 0. The number of alkyl halides is 3. The van der Waals surface area contributed by atoms with Crippen LogP contribution in [0.4, 0.5) is 13.2 Å². The zero-order valence-electron chi connectivity index (χ0n) is 17.9. The monoisotopic (exact) mass is 425 g/mol. The van der Waals surface area contributed by atoms with Crippen molar-refractivity contribution >= 4 is 5.97 Å². The van der Waals surface area contributed by atoms with Gasteiger partial charge in [0.1, 0.15) is 11.6 Å². The second-order valence-electron chi connectivity index (χ2n) is 11.8. The molecule has 30 heavy (non-hydrogen) atoms. The third-order valence-electron chi connectivity index (χ3n) is 7.95. The number of esters is 1. The highest BCUT2D eigenvalue weighted by Crippen LogP contribution is 2.74. The van der Waals surface area contributed by atoms with Crippen LogP contribution in [-0.4, -0.2) is 26.9 Å². The SMILES string of the molecule is CC12CC3(C)CC(C)(C1)CC(Cc1nnc4n1C(OC(=O)C(F)(F)F)CCC4)(C2)C3. The van der Waals surface area contributed by atoms with Gasteiger partial charge in [0, 0.05) is 19.3 Å². The fourth-order valence-corrected chi connectivity index (χ4v) is 8.93. The van der Waals surface area contributed by atoms with Crippen molar-refractivity contribution < 1.29 is 22.7 Å². The Morgan fingerprint density at radius 1 is 1.03 bits per heavy atom. The summed E-state index contributed by atoms with van der Waals surface area (Å²) in [7, 11) is 0. The van der Waals surface area contributed by atoms with E-state index in [4.69, 9.17) is 4.74 Å². The Morgan fingerprint density at radius 3 is 2.13 bits per heavy atom. The van der Waals surface area contributed by atoms with Crippen molar-refractivity contribution in [3.05, 3.63) is 11.6 Å². The number of aromatic nitrogens is 3. The minimum absolute atomic E-state index is 0.0901. The van der Waals surface area contributed by atoms with Crippen LogP contribution in [0, 0.1) is 21.7 Å². The molecule has 0 spiro atoms. The summed E-state index contributed by atoms with van der Waals surface area (Å²) in [5.74, 6) is -0.825. The Bertz CT molecular complexity index is 839. The van der Waals surface area contributed by atoms with E-state index in [1.807, 2.05) is 0 Å². The van der Waals surface area contributed by atoms with Gasteiger partial charge in [0.25, 0.3) is 0 Å². The molecular weight excluding hydrogens is 395 g/mol. The zero-order valence-corrected chi connectivity index (χ0v) is 17.9. The van der Waals surface area contributed by atoms with Crippen LogP contribution >= 0.6 is 0 Å². The van der Waals surface area contributed by atoms with Gasteiger partial charge in [-0.05, 0) is 66.6 Å². The lowest BCUT2D eigenvalue weighted by Crippen LogP contribution is -2.59. The molecule has 0 amide bonds. The number of fused-ring (bicyclic) bond motifs is 1. The molecule has 1 atom stereocenters. The van der Waals surface area contributed by atoms with Gasteiger partial charge in [-0.15, -0.1) is 10.2 Å². The van der Waals surface area contributed by atoms with Gasteiger partial charge in [0.2, 0.25) is 0 Å². The Morgan fingerprint density at radius 2 is 1.60 bits per heavy atom. The average molecular weight is 425 g/mol. The first-order valence-electron chi connectivity index (χ1n) is 11.0. The molecule has 4 saturated carbocycles. The standard InChI is InChI=1S/C22H30F3N3O2/c1-18-8-19(2)10-20(3,9-18)13-21(11-18,12-19)7-15-27-26-14-5-4-6-16(28(14)15)30-17(29)22(23,24)25/h16H,4-13H2,1-3H3. The van der Waals surface area contributed by atoms with Crippen molar-refractivity contribution in [2.24, 2.45) is 21.7 Å². The van der Waals surface area contributed by atoms with Crippen LogP contribution in [0.15, 0.2) is 0 Å². The van der Waals surface area contributed by atoms with E-state index in [1.165, 1.54) is 19.3 Å². The van der Waals surface area contributed by atoms with Crippen LogP contribution in [0.5, 0.6) is 0 Å². The first-order chi connectivity index (χ1) is 13.8. The largest absolute Gasteiger partial charge is 0.491 e. The van der Waals surface area contributed by atoms with E-state index in [0.717, 1.165) is 19.3 Å². The van der Waals surface area contributed by atoms with E-state index in [-0.39, 0.29) is 5.41 Å². The molecule has 5 aliphatic rings. The van der Waals surface area contributed by atoms with Crippen LogP contribution in [0.2, 0.25) is 0 Å². The lowest BCUT2D eigenvalue weighted by Gasteiger charge is -2.69. The molecule has 1 aromatic heterocycles. The summed E-state index contributed by atoms with van der Waals surface area (Å²) in [4.78, 5) is 11.5. The fraction of sp³-hybridized carbons (Fsp3) is 0.864. The number of hydrogen-bond acceptors (Lipinski definition) is 4. The minimum atomic E-state index is -5.00. The first kappa shape index (κ1) is 20.3. The molecule has 0 aromatic carbocycles. The maximum absolute atomic E-state index is 12.8. The van der Waals surface area contributed by atoms with Crippen molar-refractivity contribution in [2.75, 3.05) is 0 Å². The topological polar surface area (TPSA) is 57.0 Å². The summed E-state index contributed by atoms with van der Waals surface area (Å²) in [6.45, 7) is 7.22. The number of aryl methyl sites for hydroxylation is 1. The maximum Gasteiger partial charge on any atom is 0.491 e. The van der Waals surface area contributed by atoms with Gasteiger partial charge in [0.15, 0.2) is 6.23 Å². The number of rotatable bonds is 3. The van der Waals surface area contributed by atoms with Gasteiger partial charge in [-0.1, -0.05) is 20.8 Å². The summed E-state index contributed by atoms with van der Waals surface area (Å²) in [6.07, 6.45) is 3.50. The normalized spacial score (nSPS) is 42.3. The van der Waals surface area contributed by atoms with E-state index >= 15 is 0 Å². The highest BCUT2D eigenvalue weighted by molar-refractivity contribution is 5.75. The second-order valence-corrected chi connectivity index (χ2v) is 11.8. The zero-order chi connectivity index (χ0) is 21.6. The van der Waals surface area contributed by atoms with Gasteiger partial charge in [0.05, 0.1) is 0 Å². The fourth-order valence-electron chi connectivity index (χ4n) is 8.93. The third kappa shape index (κ3) is 3.25. The molecule has 0 saturated heterocycles. The quantitative estimate of drug-likeness (QED) is 0.629. The summed E-state index contributed by atoms with van der Waals surface area (Å²) in [6, 6.07) is 0. The van der Waals surface area contributed by atoms with Gasteiger partial charge >= 0.3 is 12.1 Å². The van der Waals surface area contributed by atoms with Crippen LogP contribution in [0.1, 0.15) is 90.0 Å². The molecule has 5 nitrogen and oxygen atoms in total. The molecule has 6 rings (SSSR count). The van der Waals surface area contributed by atoms with Gasteiger partial charge in [-0.25, -0.2) is 4.79 Å². The van der Waals surface area contributed by atoms with E-state index in [9.17, 15) is 18.0 Å². The smallest absolute Gasteiger partial charge is 0.434 e. The van der Waals surface area contributed by atoms with E-state index in [1.54, 1.807) is 4.57 Å². The molecule has 1 unspecified atom stereocenters. The number of halogens is 3. The number of nitrogens with zero attached hydrogens (tertiary/aromatic N) is 3. The third-order valence-corrected chi connectivity index (χ3v) is 7.95. The molecule has 166 valence electrons. The molecule has 1 aliphatic heterocycles. The van der Waals surface area contributed by atoms with E-state index in [2.05, 4.69) is 31.0 Å². The lowest BCUT2D eigenvalue weighted by atomic mass is 9.36. The van der Waals surface area contributed by atoms with Gasteiger partial charge < -0.3 is 4.74 Å². The Hall–Kier alpha value is -1.60. The molecule has 0 radical (unpaired) electrons. The van der Waals surface area contributed by atoms with Crippen LogP contribution in [0.25, 0.3) is 0 Å². The summed E-state index contributed by atoms with van der Waals surface area (Å²) < 4.78 is 45.0.